The van der Waals surface area contributed by atoms with Gasteiger partial charge in [0, 0.05) is 13.1 Å². The molecule has 2 fully saturated rings. The quantitative estimate of drug-likeness (QED) is 0.774. The van der Waals surface area contributed by atoms with Crippen LogP contribution in [0.2, 0.25) is 0 Å². The molecule has 7 heteroatoms. The zero-order valence-corrected chi connectivity index (χ0v) is 12.1. The van der Waals surface area contributed by atoms with Gasteiger partial charge in [-0.3, -0.25) is 14.5 Å². The minimum Gasteiger partial charge on any atom is -0.381 e. The number of aliphatic hydroxyl groups is 1. The molecule has 0 spiro atoms. The van der Waals surface area contributed by atoms with Crippen LogP contribution < -0.4 is 5.32 Å². The normalized spacial score (nSPS) is 21.2. The third-order valence-electron chi connectivity index (χ3n) is 4.12. The molecule has 6 nitrogen and oxygen atoms in total. The summed E-state index contributed by atoms with van der Waals surface area (Å²) >= 11 is 0. The maximum atomic E-state index is 12.9. The summed E-state index contributed by atoms with van der Waals surface area (Å²) in [4.78, 5) is 26.8. The second kappa shape index (κ2) is 5.66. The fourth-order valence-corrected chi connectivity index (χ4v) is 2.82. The first-order chi connectivity index (χ1) is 10.5. The van der Waals surface area contributed by atoms with Crippen molar-refractivity contribution in [2.45, 2.75) is 5.60 Å². The Labute approximate surface area is 127 Å². The van der Waals surface area contributed by atoms with Gasteiger partial charge in [0.05, 0.1) is 26.2 Å². The number of amides is 2. The van der Waals surface area contributed by atoms with Crippen LogP contribution in [0.4, 0.5) is 4.39 Å². The highest BCUT2D eigenvalue weighted by Crippen LogP contribution is 2.32. The summed E-state index contributed by atoms with van der Waals surface area (Å²) in [6.07, 6.45) is 0. The van der Waals surface area contributed by atoms with E-state index >= 15 is 0 Å². The number of rotatable bonds is 3. The Morgan fingerprint density at radius 1 is 1.32 bits per heavy atom. The Morgan fingerprint density at radius 2 is 2.00 bits per heavy atom. The summed E-state index contributed by atoms with van der Waals surface area (Å²) in [7, 11) is 0. The molecular formula is C15H18FN3O3. The van der Waals surface area contributed by atoms with E-state index in [9.17, 15) is 19.1 Å². The van der Waals surface area contributed by atoms with Gasteiger partial charge in [-0.15, -0.1) is 0 Å². The highest BCUT2D eigenvalue weighted by Gasteiger charge is 2.45. The van der Waals surface area contributed by atoms with Gasteiger partial charge in [0.15, 0.2) is 0 Å². The summed E-state index contributed by atoms with van der Waals surface area (Å²) in [5.74, 6) is -0.546. The van der Waals surface area contributed by atoms with Crippen molar-refractivity contribution in [2.75, 3.05) is 39.3 Å². The predicted molar refractivity (Wildman–Crippen MR) is 76.3 cm³/mol. The van der Waals surface area contributed by atoms with E-state index in [0.717, 1.165) is 0 Å². The highest BCUT2D eigenvalue weighted by atomic mass is 19.1. The van der Waals surface area contributed by atoms with Crippen molar-refractivity contribution in [1.82, 2.24) is 15.1 Å². The molecule has 2 amide bonds. The first-order valence-electron chi connectivity index (χ1n) is 7.21. The van der Waals surface area contributed by atoms with E-state index in [0.29, 0.717) is 18.7 Å². The number of benzene rings is 1. The topological polar surface area (TPSA) is 72.9 Å². The fraction of sp³-hybridized carbons (Fsp3) is 0.467. The van der Waals surface area contributed by atoms with Crippen LogP contribution in [-0.4, -0.2) is 66.0 Å². The van der Waals surface area contributed by atoms with Gasteiger partial charge < -0.3 is 15.3 Å². The molecule has 0 atom stereocenters. The van der Waals surface area contributed by atoms with Crippen LogP contribution in [0.5, 0.6) is 0 Å². The van der Waals surface area contributed by atoms with Gasteiger partial charge >= 0.3 is 0 Å². The number of hydrogen-bond donors (Lipinski definition) is 2. The molecule has 1 aromatic carbocycles. The summed E-state index contributed by atoms with van der Waals surface area (Å²) < 4.78 is 12.9. The Kier molecular flexibility index (Phi) is 3.84. The lowest BCUT2D eigenvalue weighted by Crippen LogP contribution is -2.63. The zero-order chi connectivity index (χ0) is 15.7. The van der Waals surface area contributed by atoms with Crippen molar-refractivity contribution in [2.24, 2.45) is 0 Å². The van der Waals surface area contributed by atoms with E-state index in [2.05, 4.69) is 5.32 Å². The number of hydrogen-bond acceptors (Lipinski definition) is 4. The Hall–Kier alpha value is -1.99. The molecule has 2 aliphatic rings. The SMILES string of the molecule is O=C1CN(CC(=O)N2CC(O)(c3ccc(F)cc3)C2)CCN1. The minimum atomic E-state index is -1.11. The first-order valence-corrected chi connectivity index (χ1v) is 7.21. The van der Waals surface area contributed by atoms with Gasteiger partial charge in [-0.05, 0) is 17.7 Å². The molecule has 1 aromatic rings. The Bertz CT molecular complexity index is 584. The van der Waals surface area contributed by atoms with Gasteiger partial charge in [0.2, 0.25) is 11.8 Å². The van der Waals surface area contributed by atoms with Gasteiger partial charge in [-0.2, -0.15) is 0 Å². The van der Waals surface area contributed by atoms with Crippen molar-refractivity contribution in [3.63, 3.8) is 0 Å². The fourth-order valence-electron chi connectivity index (χ4n) is 2.82. The molecular weight excluding hydrogens is 289 g/mol. The van der Waals surface area contributed by atoms with Crippen molar-refractivity contribution in [3.05, 3.63) is 35.6 Å². The third-order valence-corrected chi connectivity index (χ3v) is 4.12. The molecule has 2 heterocycles. The average molecular weight is 307 g/mol. The number of nitrogens with one attached hydrogen (secondary N) is 1. The van der Waals surface area contributed by atoms with E-state index in [1.807, 2.05) is 0 Å². The highest BCUT2D eigenvalue weighted by molar-refractivity contribution is 5.82. The maximum Gasteiger partial charge on any atom is 0.236 e. The van der Waals surface area contributed by atoms with E-state index < -0.39 is 5.60 Å². The van der Waals surface area contributed by atoms with Crippen molar-refractivity contribution in [1.29, 1.82) is 0 Å². The van der Waals surface area contributed by atoms with Crippen LogP contribution in [0.3, 0.4) is 0 Å². The van der Waals surface area contributed by atoms with E-state index in [4.69, 9.17) is 0 Å². The summed E-state index contributed by atoms with van der Waals surface area (Å²) in [6, 6.07) is 5.66. The Balaban J connectivity index is 1.54. The molecule has 2 saturated heterocycles. The van der Waals surface area contributed by atoms with E-state index in [1.54, 1.807) is 9.80 Å². The monoisotopic (exact) mass is 307 g/mol. The summed E-state index contributed by atoms with van der Waals surface area (Å²) in [6.45, 7) is 1.98. The van der Waals surface area contributed by atoms with Gasteiger partial charge in [-0.1, -0.05) is 12.1 Å². The molecule has 0 aromatic heterocycles. The van der Waals surface area contributed by atoms with Crippen molar-refractivity contribution in [3.8, 4) is 0 Å². The van der Waals surface area contributed by atoms with Crippen LogP contribution in [0.1, 0.15) is 5.56 Å². The van der Waals surface area contributed by atoms with Crippen LogP contribution in [0.15, 0.2) is 24.3 Å². The average Bonchev–Trinajstić information content (AvgIpc) is 2.44. The Morgan fingerprint density at radius 3 is 2.64 bits per heavy atom. The van der Waals surface area contributed by atoms with Crippen LogP contribution in [-0.2, 0) is 15.2 Å². The third kappa shape index (κ3) is 2.95. The lowest BCUT2D eigenvalue weighted by molar-refractivity contribution is -0.158. The van der Waals surface area contributed by atoms with Gasteiger partial charge in [0.25, 0.3) is 0 Å². The number of β-amino-alcohol motifs (C(OH)–C–C–N with tert-alkyl or cyclic N) is 1. The maximum absolute atomic E-state index is 12.9. The molecule has 3 rings (SSSR count). The van der Waals surface area contributed by atoms with E-state index in [1.165, 1.54) is 24.3 Å². The largest absolute Gasteiger partial charge is 0.381 e. The number of carbonyl (C=O) groups excluding carboxylic acids is 2. The van der Waals surface area contributed by atoms with Crippen LogP contribution >= 0.6 is 0 Å². The number of halogens is 1. The molecule has 0 bridgehead atoms. The smallest absolute Gasteiger partial charge is 0.236 e. The second-order valence-electron chi connectivity index (χ2n) is 5.85. The minimum absolute atomic E-state index is 0.0783. The molecule has 0 aliphatic carbocycles. The van der Waals surface area contributed by atoms with E-state index in [-0.39, 0.29) is 43.8 Å². The van der Waals surface area contributed by atoms with Gasteiger partial charge in [-0.25, -0.2) is 4.39 Å². The first kappa shape index (κ1) is 14.9. The van der Waals surface area contributed by atoms with Crippen molar-refractivity contribution >= 4 is 11.8 Å². The summed E-state index contributed by atoms with van der Waals surface area (Å²) in [5.41, 5.74) is -0.502. The lowest BCUT2D eigenvalue weighted by Gasteiger charge is -2.47. The molecule has 2 aliphatic heterocycles. The lowest BCUT2D eigenvalue weighted by atomic mass is 9.86. The molecule has 2 N–H and O–H groups in total. The molecule has 22 heavy (non-hydrogen) atoms. The number of carbonyl (C=O) groups is 2. The summed E-state index contributed by atoms with van der Waals surface area (Å²) in [5, 5.41) is 13.2. The number of nitrogens with zero attached hydrogens (tertiary/aromatic N) is 2. The molecule has 0 radical (unpaired) electrons. The molecule has 0 unspecified atom stereocenters. The van der Waals surface area contributed by atoms with Crippen LogP contribution in [0, 0.1) is 5.82 Å². The van der Waals surface area contributed by atoms with Crippen LogP contribution in [0.25, 0.3) is 0 Å². The molecule has 0 saturated carbocycles. The zero-order valence-electron chi connectivity index (χ0n) is 12.1. The molecule has 118 valence electrons. The van der Waals surface area contributed by atoms with Crippen molar-refractivity contribution < 1.29 is 19.1 Å². The second-order valence-corrected chi connectivity index (χ2v) is 5.85. The van der Waals surface area contributed by atoms with Gasteiger partial charge in [0.1, 0.15) is 11.4 Å². The number of likely N-dealkylation sites (tertiary alicyclic amines) is 1. The predicted octanol–water partition coefficient (Wildman–Crippen LogP) is -0.713. The standard InChI is InChI=1S/C15H18FN3O3/c16-12-3-1-11(2-4-12)15(22)9-19(10-15)14(21)8-18-6-5-17-13(20)7-18/h1-4,22H,5-10H2,(H,17,20). The number of piperazine rings is 1.